The maximum Gasteiger partial charge on any atom is 0.294 e. The molecule has 3 unspecified atom stereocenters. The second-order valence-electron chi connectivity index (χ2n) is 5.43. The van der Waals surface area contributed by atoms with E-state index in [-0.39, 0.29) is 4.90 Å². The molecule has 0 amide bonds. The molecule has 0 heterocycles. The fourth-order valence-corrected chi connectivity index (χ4v) is 3.84. The average Bonchev–Trinajstić information content (AvgIpc) is 2.90. The van der Waals surface area contributed by atoms with E-state index in [4.69, 9.17) is 4.55 Å². The van der Waals surface area contributed by atoms with E-state index in [1.807, 2.05) is 0 Å². The quantitative estimate of drug-likeness (QED) is 0.826. The second-order valence-corrected chi connectivity index (χ2v) is 6.85. The molecule has 0 spiro atoms. The minimum absolute atomic E-state index is 0.0546. The lowest BCUT2D eigenvalue weighted by Crippen LogP contribution is -2.25. The van der Waals surface area contributed by atoms with Crippen LogP contribution in [0.3, 0.4) is 0 Å². The smallest absolute Gasteiger partial charge is 0.294 e. The van der Waals surface area contributed by atoms with Gasteiger partial charge in [-0.25, -0.2) is 0 Å². The zero-order chi connectivity index (χ0) is 12.8. The molecule has 5 heteroatoms. The van der Waals surface area contributed by atoms with Crippen molar-refractivity contribution in [2.24, 2.45) is 11.8 Å². The molecule has 2 saturated carbocycles. The highest BCUT2D eigenvalue weighted by Gasteiger charge is 2.39. The lowest BCUT2D eigenvalue weighted by molar-refractivity contribution is 0.440. The molecule has 0 saturated heterocycles. The van der Waals surface area contributed by atoms with Gasteiger partial charge in [0.25, 0.3) is 10.1 Å². The molecule has 0 aromatic heterocycles. The minimum atomic E-state index is -4.08. The molecule has 18 heavy (non-hydrogen) atoms. The summed E-state index contributed by atoms with van der Waals surface area (Å²) in [5.74, 6) is 1.65. The number of hydrogen-bond donors (Lipinski definition) is 2. The van der Waals surface area contributed by atoms with Crippen LogP contribution < -0.4 is 5.32 Å². The highest BCUT2D eigenvalue weighted by molar-refractivity contribution is 7.85. The monoisotopic (exact) mass is 267 g/mol. The standard InChI is InChI=1S/C13H17NO3S/c15-18(16,17)12-5-3-11(4-6-12)14-13-8-9-1-2-10(13)7-9/h3-6,9-10,13-14H,1-2,7-8H2,(H,15,16,17). The predicted octanol–water partition coefficient (Wildman–Crippen LogP) is 2.53. The maximum absolute atomic E-state index is 10.9. The summed E-state index contributed by atoms with van der Waals surface area (Å²) in [6.45, 7) is 0. The van der Waals surface area contributed by atoms with E-state index in [2.05, 4.69) is 5.32 Å². The molecule has 2 bridgehead atoms. The Morgan fingerprint density at radius 2 is 1.83 bits per heavy atom. The van der Waals surface area contributed by atoms with Crippen LogP contribution in [0.15, 0.2) is 29.2 Å². The Labute approximate surface area is 107 Å². The van der Waals surface area contributed by atoms with Gasteiger partial charge in [-0.15, -0.1) is 0 Å². The van der Waals surface area contributed by atoms with Gasteiger partial charge in [0.2, 0.25) is 0 Å². The summed E-state index contributed by atoms with van der Waals surface area (Å²) in [5.41, 5.74) is 0.931. The molecule has 3 atom stereocenters. The number of rotatable bonds is 3. The Hall–Kier alpha value is -1.07. The summed E-state index contributed by atoms with van der Waals surface area (Å²) < 4.78 is 30.8. The first kappa shape index (κ1) is 12.0. The molecule has 98 valence electrons. The Balaban J connectivity index is 1.71. The molecule has 1 aromatic carbocycles. The summed E-state index contributed by atoms with van der Waals surface area (Å²) in [6.07, 6.45) is 5.24. The van der Waals surface area contributed by atoms with Gasteiger partial charge in [-0.2, -0.15) is 8.42 Å². The SMILES string of the molecule is O=S(=O)(O)c1ccc(NC2CC3CCC2C3)cc1. The van der Waals surface area contributed by atoms with Gasteiger partial charge in [-0.3, -0.25) is 4.55 Å². The van der Waals surface area contributed by atoms with Gasteiger partial charge in [0.1, 0.15) is 0 Å². The molecule has 2 aliphatic carbocycles. The lowest BCUT2D eigenvalue weighted by Gasteiger charge is -2.24. The summed E-state index contributed by atoms with van der Waals surface area (Å²) >= 11 is 0. The van der Waals surface area contributed by atoms with Gasteiger partial charge in [0.15, 0.2) is 0 Å². The number of nitrogens with one attached hydrogen (secondary N) is 1. The van der Waals surface area contributed by atoms with E-state index in [1.54, 1.807) is 12.1 Å². The van der Waals surface area contributed by atoms with Crippen molar-refractivity contribution in [3.05, 3.63) is 24.3 Å². The largest absolute Gasteiger partial charge is 0.382 e. The first-order valence-corrected chi connectivity index (χ1v) is 7.80. The van der Waals surface area contributed by atoms with Crippen LogP contribution in [0.4, 0.5) is 5.69 Å². The van der Waals surface area contributed by atoms with E-state index < -0.39 is 10.1 Å². The van der Waals surface area contributed by atoms with E-state index in [1.165, 1.54) is 37.8 Å². The van der Waals surface area contributed by atoms with Crippen molar-refractivity contribution in [1.82, 2.24) is 0 Å². The van der Waals surface area contributed by atoms with Crippen LogP contribution in [0.25, 0.3) is 0 Å². The van der Waals surface area contributed by atoms with Crippen LogP contribution in [-0.2, 0) is 10.1 Å². The van der Waals surface area contributed by atoms with Crippen molar-refractivity contribution < 1.29 is 13.0 Å². The third-order valence-electron chi connectivity index (χ3n) is 4.24. The van der Waals surface area contributed by atoms with E-state index in [0.717, 1.165) is 17.5 Å². The molecule has 3 rings (SSSR count). The third kappa shape index (κ3) is 2.24. The Kier molecular flexibility index (Phi) is 2.83. The van der Waals surface area contributed by atoms with Crippen molar-refractivity contribution >= 4 is 15.8 Å². The number of hydrogen-bond acceptors (Lipinski definition) is 3. The third-order valence-corrected chi connectivity index (χ3v) is 5.11. The van der Waals surface area contributed by atoms with Gasteiger partial charge in [0.05, 0.1) is 4.90 Å². The number of benzene rings is 1. The second kappa shape index (κ2) is 4.24. The van der Waals surface area contributed by atoms with Crippen LogP contribution in [0.5, 0.6) is 0 Å². The van der Waals surface area contributed by atoms with Gasteiger partial charge >= 0.3 is 0 Å². The van der Waals surface area contributed by atoms with Crippen LogP contribution in [-0.4, -0.2) is 19.0 Å². The van der Waals surface area contributed by atoms with Crippen LogP contribution in [0, 0.1) is 11.8 Å². The van der Waals surface area contributed by atoms with E-state index >= 15 is 0 Å². The summed E-state index contributed by atoms with van der Waals surface area (Å²) in [6, 6.07) is 6.83. The van der Waals surface area contributed by atoms with Gasteiger partial charge in [0, 0.05) is 11.7 Å². The summed E-state index contributed by atoms with van der Waals surface area (Å²) in [5, 5.41) is 3.47. The molecular formula is C13H17NO3S. The van der Waals surface area contributed by atoms with Gasteiger partial charge < -0.3 is 5.32 Å². The first-order chi connectivity index (χ1) is 8.52. The van der Waals surface area contributed by atoms with Crippen molar-refractivity contribution in [2.75, 3.05) is 5.32 Å². The summed E-state index contributed by atoms with van der Waals surface area (Å²) in [4.78, 5) is -0.0546. The highest BCUT2D eigenvalue weighted by atomic mass is 32.2. The van der Waals surface area contributed by atoms with Gasteiger partial charge in [-0.1, -0.05) is 6.42 Å². The lowest BCUT2D eigenvalue weighted by atomic mass is 9.95. The molecule has 0 aliphatic heterocycles. The molecule has 2 N–H and O–H groups in total. The zero-order valence-electron chi connectivity index (χ0n) is 10.0. The predicted molar refractivity (Wildman–Crippen MR) is 69.1 cm³/mol. The van der Waals surface area contributed by atoms with Crippen molar-refractivity contribution in [3.63, 3.8) is 0 Å². The topological polar surface area (TPSA) is 66.4 Å². The van der Waals surface area contributed by atoms with Crippen LogP contribution in [0.2, 0.25) is 0 Å². The molecule has 4 nitrogen and oxygen atoms in total. The Bertz CT molecular complexity index is 538. The van der Waals surface area contributed by atoms with E-state index in [0.29, 0.717) is 6.04 Å². The maximum atomic E-state index is 10.9. The Morgan fingerprint density at radius 3 is 2.33 bits per heavy atom. The highest BCUT2D eigenvalue weighted by Crippen LogP contribution is 2.45. The molecule has 2 aliphatic rings. The van der Waals surface area contributed by atoms with Crippen molar-refractivity contribution in [3.8, 4) is 0 Å². The van der Waals surface area contributed by atoms with Crippen molar-refractivity contribution in [2.45, 2.75) is 36.6 Å². The normalized spacial score (nSPS) is 30.6. The average molecular weight is 267 g/mol. The molecule has 1 aromatic rings. The van der Waals surface area contributed by atoms with Crippen LogP contribution in [0.1, 0.15) is 25.7 Å². The minimum Gasteiger partial charge on any atom is -0.382 e. The molecular weight excluding hydrogens is 250 g/mol. The number of anilines is 1. The van der Waals surface area contributed by atoms with Crippen molar-refractivity contribution in [1.29, 1.82) is 0 Å². The van der Waals surface area contributed by atoms with Gasteiger partial charge in [-0.05, 0) is 55.4 Å². The molecule has 2 fully saturated rings. The fourth-order valence-electron chi connectivity index (χ4n) is 3.36. The number of fused-ring (bicyclic) bond motifs is 2. The van der Waals surface area contributed by atoms with Crippen LogP contribution >= 0.6 is 0 Å². The fraction of sp³-hybridized carbons (Fsp3) is 0.538. The first-order valence-electron chi connectivity index (χ1n) is 6.36. The summed E-state index contributed by atoms with van der Waals surface area (Å²) in [7, 11) is -4.08. The molecule has 0 radical (unpaired) electrons. The van der Waals surface area contributed by atoms with E-state index in [9.17, 15) is 8.42 Å². The Morgan fingerprint density at radius 1 is 1.11 bits per heavy atom. The zero-order valence-corrected chi connectivity index (χ0v) is 10.9.